The molecule has 5 nitrogen and oxygen atoms in total. The molecule has 1 saturated carbocycles. The number of carbonyl (C=O) groups is 1. The number of rotatable bonds is 1. The van der Waals surface area contributed by atoms with Gasteiger partial charge in [-0.05, 0) is 45.1 Å². The van der Waals surface area contributed by atoms with Crippen molar-refractivity contribution in [2.75, 3.05) is 6.54 Å². The highest BCUT2D eigenvalue weighted by molar-refractivity contribution is 5.53. The van der Waals surface area contributed by atoms with Gasteiger partial charge in [0.15, 0.2) is 0 Å². The molecule has 1 aliphatic rings. The Labute approximate surface area is 83.5 Å². The summed E-state index contributed by atoms with van der Waals surface area (Å²) in [5.74, 6) is 0.667. The van der Waals surface area contributed by atoms with Gasteiger partial charge in [-0.3, -0.25) is 0 Å². The van der Waals surface area contributed by atoms with Gasteiger partial charge in [0.1, 0.15) is 0 Å². The summed E-state index contributed by atoms with van der Waals surface area (Å²) >= 11 is 0. The molecule has 0 aromatic carbocycles. The average molecular weight is 205 g/mol. The summed E-state index contributed by atoms with van der Waals surface area (Å²) in [6.07, 6.45) is 2.22. The minimum atomic E-state index is -1.83. The third-order valence-corrected chi connectivity index (χ3v) is 2.52. The van der Waals surface area contributed by atoms with Crippen LogP contribution in [0.3, 0.4) is 0 Å². The van der Waals surface area contributed by atoms with Crippen LogP contribution in [0.1, 0.15) is 32.6 Å². The maximum atomic E-state index is 9.55. The monoisotopic (exact) mass is 205 g/mol. The summed E-state index contributed by atoms with van der Waals surface area (Å²) in [6.45, 7) is 2.70. The van der Waals surface area contributed by atoms with E-state index >= 15 is 0 Å². The molecule has 0 atom stereocenters. The fourth-order valence-corrected chi connectivity index (χ4v) is 1.54. The molecule has 0 aromatic rings. The van der Waals surface area contributed by atoms with Gasteiger partial charge in [0.25, 0.3) is 0 Å². The summed E-state index contributed by atoms with van der Waals surface area (Å²) in [6, 6.07) is 0. The first-order chi connectivity index (χ1) is 6.37. The Bertz CT molecular complexity index is 168. The van der Waals surface area contributed by atoms with Crippen LogP contribution >= 0.6 is 0 Å². The van der Waals surface area contributed by atoms with Gasteiger partial charge < -0.3 is 21.1 Å². The summed E-state index contributed by atoms with van der Waals surface area (Å²) in [7, 11) is 0. The summed E-state index contributed by atoms with van der Waals surface area (Å²) in [4.78, 5) is 8.56. The number of nitrogens with two attached hydrogens (primary N) is 1. The molecule has 0 spiro atoms. The average Bonchev–Trinajstić information content (AvgIpc) is 2.03. The quantitative estimate of drug-likeness (QED) is 0.513. The molecule has 14 heavy (non-hydrogen) atoms. The zero-order chi connectivity index (χ0) is 11.2. The third kappa shape index (κ3) is 6.68. The van der Waals surface area contributed by atoms with Crippen molar-refractivity contribution in [2.45, 2.75) is 38.2 Å². The predicted octanol–water partition coefficient (Wildman–Crippen LogP) is 1.11. The fraction of sp³-hybridized carbons (Fsp3) is 0.889. The Hall–Kier alpha value is -0.810. The van der Waals surface area contributed by atoms with Crippen molar-refractivity contribution in [2.24, 2.45) is 11.7 Å². The smallest absolute Gasteiger partial charge is 0.450 e. The maximum absolute atomic E-state index is 9.55. The number of aliphatic hydroxyl groups is 1. The van der Waals surface area contributed by atoms with Gasteiger partial charge in [0.2, 0.25) is 0 Å². The first-order valence-corrected chi connectivity index (χ1v) is 4.72. The molecule has 0 saturated heterocycles. The predicted molar refractivity (Wildman–Crippen MR) is 52.3 cm³/mol. The summed E-state index contributed by atoms with van der Waals surface area (Å²) in [5, 5.41) is 23.5. The van der Waals surface area contributed by atoms with E-state index in [2.05, 4.69) is 0 Å². The van der Waals surface area contributed by atoms with Crippen LogP contribution in [0.2, 0.25) is 0 Å². The van der Waals surface area contributed by atoms with E-state index in [1.807, 2.05) is 6.92 Å². The Balaban J connectivity index is 0.000000364. The van der Waals surface area contributed by atoms with E-state index in [9.17, 15) is 5.11 Å². The lowest BCUT2D eigenvalue weighted by Crippen LogP contribution is -2.32. The molecule has 1 fully saturated rings. The standard InChI is InChI=1S/C8H17NO.CH2O3/c1-8(10)4-2-7(6-9)3-5-8;2-1(3)4/h7,10H,2-6,9H2,1H3;(H2,2,3,4). The van der Waals surface area contributed by atoms with Crippen LogP contribution in [0.5, 0.6) is 0 Å². The lowest BCUT2D eigenvalue weighted by Gasteiger charge is -2.32. The van der Waals surface area contributed by atoms with Crippen LogP contribution in [-0.2, 0) is 0 Å². The minimum absolute atomic E-state index is 0.397. The van der Waals surface area contributed by atoms with Crippen molar-refractivity contribution in [3.63, 3.8) is 0 Å². The molecule has 0 bridgehead atoms. The van der Waals surface area contributed by atoms with E-state index in [0.29, 0.717) is 5.92 Å². The highest BCUT2D eigenvalue weighted by atomic mass is 16.6. The van der Waals surface area contributed by atoms with Crippen molar-refractivity contribution >= 4 is 6.16 Å². The Kier molecular flexibility index (Phi) is 5.49. The molecule has 0 heterocycles. The molecule has 5 N–H and O–H groups in total. The second-order valence-electron chi connectivity index (χ2n) is 3.96. The van der Waals surface area contributed by atoms with Crippen molar-refractivity contribution in [3.05, 3.63) is 0 Å². The molecule has 0 aliphatic heterocycles. The van der Waals surface area contributed by atoms with Crippen LogP contribution in [-0.4, -0.2) is 33.6 Å². The lowest BCUT2D eigenvalue weighted by atomic mass is 9.80. The molecule has 1 rings (SSSR count). The largest absolute Gasteiger partial charge is 0.503 e. The number of hydrogen-bond donors (Lipinski definition) is 4. The van der Waals surface area contributed by atoms with E-state index in [0.717, 1.165) is 32.2 Å². The highest BCUT2D eigenvalue weighted by Gasteiger charge is 2.27. The van der Waals surface area contributed by atoms with E-state index in [-0.39, 0.29) is 0 Å². The molecule has 0 unspecified atom stereocenters. The first kappa shape index (κ1) is 13.2. The van der Waals surface area contributed by atoms with Gasteiger partial charge in [-0.25, -0.2) is 4.79 Å². The second kappa shape index (κ2) is 5.82. The zero-order valence-electron chi connectivity index (χ0n) is 8.44. The Morgan fingerprint density at radius 2 is 1.79 bits per heavy atom. The summed E-state index contributed by atoms with van der Waals surface area (Å²) < 4.78 is 0. The SMILES string of the molecule is CC1(O)CCC(CN)CC1.O=C(O)O. The molecule has 0 aromatic heterocycles. The molecule has 5 heteroatoms. The van der Waals surface area contributed by atoms with Crippen molar-refractivity contribution in [1.82, 2.24) is 0 Å². The topological polar surface area (TPSA) is 104 Å². The maximum Gasteiger partial charge on any atom is 0.503 e. The van der Waals surface area contributed by atoms with Crippen molar-refractivity contribution in [1.29, 1.82) is 0 Å². The normalized spacial score (nSPS) is 31.5. The van der Waals surface area contributed by atoms with Gasteiger partial charge in [-0.1, -0.05) is 0 Å². The molecular formula is C9H19NO4. The molecule has 0 radical (unpaired) electrons. The van der Waals surface area contributed by atoms with E-state index < -0.39 is 11.8 Å². The molecule has 0 amide bonds. The van der Waals surface area contributed by atoms with E-state index in [1.165, 1.54) is 0 Å². The molecule has 84 valence electrons. The highest BCUT2D eigenvalue weighted by Crippen LogP contribution is 2.30. The molecule has 1 aliphatic carbocycles. The third-order valence-electron chi connectivity index (χ3n) is 2.52. The minimum Gasteiger partial charge on any atom is -0.450 e. The summed E-state index contributed by atoms with van der Waals surface area (Å²) in [5.41, 5.74) is 5.11. The zero-order valence-corrected chi connectivity index (χ0v) is 8.44. The van der Waals surface area contributed by atoms with Crippen LogP contribution in [0.15, 0.2) is 0 Å². The second-order valence-corrected chi connectivity index (χ2v) is 3.96. The van der Waals surface area contributed by atoms with E-state index in [4.69, 9.17) is 20.7 Å². The van der Waals surface area contributed by atoms with Crippen LogP contribution in [0.25, 0.3) is 0 Å². The fourth-order valence-electron chi connectivity index (χ4n) is 1.54. The van der Waals surface area contributed by atoms with Crippen molar-refractivity contribution < 1.29 is 20.1 Å². The van der Waals surface area contributed by atoms with Gasteiger partial charge >= 0.3 is 6.16 Å². The lowest BCUT2D eigenvalue weighted by molar-refractivity contribution is 0.00927. The van der Waals surface area contributed by atoms with Crippen LogP contribution in [0, 0.1) is 5.92 Å². The molecular weight excluding hydrogens is 186 g/mol. The van der Waals surface area contributed by atoms with E-state index in [1.54, 1.807) is 0 Å². The van der Waals surface area contributed by atoms with Gasteiger partial charge in [-0.2, -0.15) is 0 Å². The Morgan fingerprint density at radius 3 is 2.07 bits per heavy atom. The van der Waals surface area contributed by atoms with Crippen molar-refractivity contribution in [3.8, 4) is 0 Å². The van der Waals surface area contributed by atoms with Crippen LogP contribution < -0.4 is 5.73 Å². The van der Waals surface area contributed by atoms with Crippen LogP contribution in [0.4, 0.5) is 4.79 Å². The van der Waals surface area contributed by atoms with Gasteiger partial charge in [0.05, 0.1) is 5.60 Å². The number of carboxylic acid groups (broad SMARTS) is 2. The van der Waals surface area contributed by atoms with Gasteiger partial charge in [-0.15, -0.1) is 0 Å². The Morgan fingerprint density at radius 1 is 1.43 bits per heavy atom. The number of hydrogen-bond acceptors (Lipinski definition) is 3. The van der Waals surface area contributed by atoms with Gasteiger partial charge in [0, 0.05) is 0 Å². The first-order valence-electron chi connectivity index (χ1n) is 4.72.